The highest BCUT2D eigenvalue weighted by Crippen LogP contribution is 2.15. The molecule has 1 fully saturated rings. The number of nitrogens with zero attached hydrogens (tertiary/aromatic N) is 3. The summed E-state index contributed by atoms with van der Waals surface area (Å²) in [6.45, 7) is 9.75. The minimum absolute atomic E-state index is 0.847. The van der Waals surface area contributed by atoms with Crippen LogP contribution in [0.25, 0.3) is 0 Å². The minimum atomic E-state index is 0.847. The van der Waals surface area contributed by atoms with Crippen LogP contribution < -0.4 is 5.32 Å². The molecular weight excluding hydrogens is 224 g/mol. The zero-order valence-corrected chi connectivity index (χ0v) is 11.9. The van der Waals surface area contributed by atoms with E-state index >= 15 is 0 Å². The van der Waals surface area contributed by atoms with Crippen LogP contribution in [0, 0.1) is 12.8 Å². The predicted octanol–water partition coefficient (Wildman–Crippen LogP) is 1.64. The summed E-state index contributed by atoms with van der Waals surface area (Å²) in [5.74, 6) is 0.847. The largest absolute Gasteiger partial charge is 0.311 e. The molecule has 0 saturated carbocycles. The molecule has 4 heteroatoms. The smallest absolute Gasteiger partial charge is 0.0597 e. The third kappa shape index (κ3) is 3.56. The SMILES string of the molecule is CCn1nc(C)cc1CNCC1CCN(C)CC1. The van der Waals surface area contributed by atoms with E-state index in [-0.39, 0.29) is 0 Å². The first-order valence-corrected chi connectivity index (χ1v) is 7.11. The molecule has 102 valence electrons. The molecule has 0 aliphatic carbocycles. The highest BCUT2D eigenvalue weighted by Gasteiger charge is 2.16. The first-order valence-electron chi connectivity index (χ1n) is 7.11. The van der Waals surface area contributed by atoms with Crippen molar-refractivity contribution in [3.63, 3.8) is 0 Å². The fourth-order valence-corrected chi connectivity index (χ4v) is 2.69. The minimum Gasteiger partial charge on any atom is -0.311 e. The van der Waals surface area contributed by atoms with Gasteiger partial charge in [0.2, 0.25) is 0 Å². The van der Waals surface area contributed by atoms with Crippen LogP contribution in [0.5, 0.6) is 0 Å². The molecule has 0 bridgehead atoms. The van der Waals surface area contributed by atoms with Gasteiger partial charge in [0.15, 0.2) is 0 Å². The highest BCUT2D eigenvalue weighted by atomic mass is 15.3. The summed E-state index contributed by atoms with van der Waals surface area (Å²) >= 11 is 0. The van der Waals surface area contributed by atoms with Crippen LogP contribution in [-0.2, 0) is 13.1 Å². The second-order valence-corrected chi connectivity index (χ2v) is 5.47. The standard InChI is InChI=1S/C14H26N4/c1-4-18-14(9-12(2)16-18)11-15-10-13-5-7-17(3)8-6-13/h9,13,15H,4-8,10-11H2,1-3H3. The Morgan fingerprint density at radius 1 is 1.39 bits per heavy atom. The molecular formula is C14H26N4. The quantitative estimate of drug-likeness (QED) is 0.862. The summed E-state index contributed by atoms with van der Waals surface area (Å²) < 4.78 is 2.09. The van der Waals surface area contributed by atoms with Gasteiger partial charge in [-0.05, 0) is 65.4 Å². The Hall–Kier alpha value is -0.870. The van der Waals surface area contributed by atoms with Crippen molar-refractivity contribution in [3.05, 3.63) is 17.5 Å². The van der Waals surface area contributed by atoms with E-state index in [4.69, 9.17) is 0 Å². The Balaban J connectivity index is 1.74. The van der Waals surface area contributed by atoms with Crippen LogP contribution in [0.1, 0.15) is 31.2 Å². The van der Waals surface area contributed by atoms with Crippen LogP contribution in [-0.4, -0.2) is 41.4 Å². The van der Waals surface area contributed by atoms with Gasteiger partial charge in [-0.2, -0.15) is 5.10 Å². The summed E-state index contributed by atoms with van der Waals surface area (Å²) in [6, 6.07) is 2.19. The van der Waals surface area contributed by atoms with E-state index in [1.165, 1.54) is 31.6 Å². The van der Waals surface area contributed by atoms with Gasteiger partial charge in [-0.15, -0.1) is 0 Å². The number of aryl methyl sites for hydroxylation is 2. The van der Waals surface area contributed by atoms with Gasteiger partial charge in [0, 0.05) is 13.1 Å². The highest BCUT2D eigenvalue weighted by molar-refractivity contribution is 5.08. The molecule has 2 rings (SSSR count). The van der Waals surface area contributed by atoms with Gasteiger partial charge in [0.1, 0.15) is 0 Å². The topological polar surface area (TPSA) is 33.1 Å². The van der Waals surface area contributed by atoms with Crippen molar-refractivity contribution in [2.45, 2.75) is 39.8 Å². The first-order chi connectivity index (χ1) is 8.69. The fraction of sp³-hybridized carbons (Fsp3) is 0.786. The number of rotatable bonds is 5. The lowest BCUT2D eigenvalue weighted by Crippen LogP contribution is -2.35. The Kier molecular flexibility index (Phi) is 4.78. The summed E-state index contributed by atoms with van der Waals surface area (Å²) in [4.78, 5) is 2.42. The lowest BCUT2D eigenvalue weighted by atomic mass is 9.97. The molecule has 1 aliphatic heterocycles. The number of piperidine rings is 1. The molecule has 0 radical (unpaired) electrons. The van der Waals surface area contributed by atoms with Gasteiger partial charge in [0.25, 0.3) is 0 Å². The molecule has 0 unspecified atom stereocenters. The van der Waals surface area contributed by atoms with Crippen LogP contribution in [0.2, 0.25) is 0 Å². The third-order valence-electron chi connectivity index (χ3n) is 3.86. The van der Waals surface area contributed by atoms with Crippen molar-refractivity contribution < 1.29 is 0 Å². The van der Waals surface area contributed by atoms with Crippen molar-refractivity contribution in [1.82, 2.24) is 20.0 Å². The van der Waals surface area contributed by atoms with Crippen LogP contribution in [0.3, 0.4) is 0 Å². The average Bonchev–Trinajstić information content (AvgIpc) is 2.72. The molecule has 1 N–H and O–H groups in total. The Labute approximate surface area is 110 Å². The normalized spacial score (nSPS) is 18.4. The Bertz CT molecular complexity index is 364. The lowest BCUT2D eigenvalue weighted by Gasteiger charge is -2.29. The second kappa shape index (κ2) is 6.34. The van der Waals surface area contributed by atoms with E-state index in [0.29, 0.717) is 0 Å². The average molecular weight is 250 g/mol. The number of hydrogen-bond donors (Lipinski definition) is 1. The molecule has 2 heterocycles. The van der Waals surface area contributed by atoms with Crippen molar-refractivity contribution in [2.75, 3.05) is 26.7 Å². The van der Waals surface area contributed by atoms with E-state index in [1.807, 2.05) is 0 Å². The summed E-state index contributed by atoms with van der Waals surface area (Å²) in [6.07, 6.45) is 2.66. The fourth-order valence-electron chi connectivity index (χ4n) is 2.69. The number of aromatic nitrogens is 2. The molecule has 1 aromatic heterocycles. The van der Waals surface area contributed by atoms with Gasteiger partial charge >= 0.3 is 0 Å². The van der Waals surface area contributed by atoms with Gasteiger partial charge in [0.05, 0.1) is 11.4 Å². The molecule has 0 atom stereocenters. The molecule has 0 spiro atoms. The number of likely N-dealkylation sites (tertiary alicyclic amines) is 1. The first kappa shape index (κ1) is 13.6. The number of hydrogen-bond acceptors (Lipinski definition) is 3. The zero-order chi connectivity index (χ0) is 13.0. The van der Waals surface area contributed by atoms with Crippen molar-refractivity contribution in [1.29, 1.82) is 0 Å². The van der Waals surface area contributed by atoms with Gasteiger partial charge in [-0.25, -0.2) is 0 Å². The Morgan fingerprint density at radius 2 is 2.11 bits per heavy atom. The summed E-state index contributed by atoms with van der Waals surface area (Å²) in [5, 5.41) is 8.07. The molecule has 0 amide bonds. The number of nitrogens with one attached hydrogen (secondary N) is 1. The zero-order valence-electron chi connectivity index (χ0n) is 11.9. The molecule has 1 aromatic rings. The maximum atomic E-state index is 4.47. The van der Waals surface area contributed by atoms with Crippen molar-refractivity contribution >= 4 is 0 Å². The Morgan fingerprint density at radius 3 is 2.78 bits per heavy atom. The van der Waals surface area contributed by atoms with E-state index in [9.17, 15) is 0 Å². The van der Waals surface area contributed by atoms with Gasteiger partial charge < -0.3 is 10.2 Å². The van der Waals surface area contributed by atoms with E-state index in [1.54, 1.807) is 0 Å². The van der Waals surface area contributed by atoms with Gasteiger partial charge in [-0.3, -0.25) is 4.68 Å². The lowest BCUT2D eigenvalue weighted by molar-refractivity contribution is 0.215. The summed E-state index contributed by atoms with van der Waals surface area (Å²) in [7, 11) is 2.21. The molecule has 0 aromatic carbocycles. The maximum absolute atomic E-state index is 4.47. The molecule has 18 heavy (non-hydrogen) atoms. The second-order valence-electron chi connectivity index (χ2n) is 5.47. The maximum Gasteiger partial charge on any atom is 0.0597 e. The molecule has 1 aliphatic rings. The van der Waals surface area contributed by atoms with Crippen LogP contribution in [0.15, 0.2) is 6.07 Å². The van der Waals surface area contributed by atoms with E-state index in [2.05, 4.69) is 47.0 Å². The van der Waals surface area contributed by atoms with E-state index in [0.717, 1.165) is 31.2 Å². The summed E-state index contributed by atoms with van der Waals surface area (Å²) in [5.41, 5.74) is 2.43. The molecule has 1 saturated heterocycles. The monoisotopic (exact) mass is 250 g/mol. The van der Waals surface area contributed by atoms with Crippen molar-refractivity contribution in [3.8, 4) is 0 Å². The van der Waals surface area contributed by atoms with Crippen LogP contribution in [0.4, 0.5) is 0 Å². The van der Waals surface area contributed by atoms with Crippen LogP contribution >= 0.6 is 0 Å². The van der Waals surface area contributed by atoms with E-state index < -0.39 is 0 Å². The van der Waals surface area contributed by atoms with Gasteiger partial charge in [-0.1, -0.05) is 0 Å². The van der Waals surface area contributed by atoms with Crippen molar-refractivity contribution in [2.24, 2.45) is 5.92 Å². The third-order valence-corrected chi connectivity index (χ3v) is 3.86. The molecule has 4 nitrogen and oxygen atoms in total. The predicted molar refractivity (Wildman–Crippen MR) is 74.6 cm³/mol.